The summed E-state index contributed by atoms with van der Waals surface area (Å²) in [6, 6.07) is 5.42. The van der Waals surface area contributed by atoms with Gasteiger partial charge in [0.05, 0.1) is 6.61 Å². The fraction of sp³-hybridized carbons (Fsp3) is 0.455. The highest BCUT2D eigenvalue weighted by molar-refractivity contribution is 5.41. The molecule has 0 spiro atoms. The Bertz CT molecular complexity index is 287. The molecule has 0 aliphatic carbocycles. The Kier molecular flexibility index (Phi) is 4.26. The van der Waals surface area contributed by atoms with Gasteiger partial charge < -0.3 is 15.2 Å². The number of hydrogen-bond donors (Lipinski definition) is 2. The van der Waals surface area contributed by atoms with Crippen molar-refractivity contribution in [2.45, 2.75) is 20.4 Å². The van der Waals surface area contributed by atoms with E-state index in [0.29, 0.717) is 12.4 Å². The third kappa shape index (κ3) is 2.92. The second kappa shape index (κ2) is 5.50. The monoisotopic (exact) mass is 195 g/mol. The van der Waals surface area contributed by atoms with E-state index in [2.05, 4.69) is 12.2 Å². The average Bonchev–Trinajstić information content (AvgIpc) is 2.19. The van der Waals surface area contributed by atoms with E-state index in [1.54, 1.807) is 6.07 Å². The molecule has 0 unspecified atom stereocenters. The lowest BCUT2D eigenvalue weighted by Crippen LogP contribution is -2.11. The van der Waals surface area contributed by atoms with Crippen molar-refractivity contribution >= 4 is 0 Å². The quantitative estimate of drug-likeness (QED) is 0.754. The minimum absolute atomic E-state index is 0.201. The van der Waals surface area contributed by atoms with Crippen LogP contribution in [-0.2, 0) is 6.54 Å². The van der Waals surface area contributed by atoms with E-state index in [-0.39, 0.29) is 5.75 Å². The predicted molar refractivity (Wildman–Crippen MR) is 56.7 cm³/mol. The Morgan fingerprint density at radius 3 is 2.79 bits per heavy atom. The van der Waals surface area contributed by atoms with Crippen LogP contribution < -0.4 is 10.1 Å². The van der Waals surface area contributed by atoms with Crippen LogP contribution >= 0.6 is 0 Å². The Balaban J connectivity index is 2.72. The van der Waals surface area contributed by atoms with Gasteiger partial charge in [-0.1, -0.05) is 13.0 Å². The second-order valence-corrected chi connectivity index (χ2v) is 3.02. The van der Waals surface area contributed by atoms with Gasteiger partial charge in [0, 0.05) is 6.54 Å². The summed E-state index contributed by atoms with van der Waals surface area (Å²) >= 11 is 0. The molecule has 0 heterocycles. The Morgan fingerprint density at radius 1 is 1.36 bits per heavy atom. The summed E-state index contributed by atoms with van der Waals surface area (Å²) in [4.78, 5) is 0. The molecule has 0 atom stereocenters. The predicted octanol–water partition coefficient (Wildman–Crippen LogP) is 1.90. The lowest BCUT2D eigenvalue weighted by molar-refractivity contribution is 0.317. The van der Waals surface area contributed by atoms with Crippen molar-refractivity contribution < 1.29 is 9.84 Å². The number of ether oxygens (including phenoxy) is 1. The number of hydrogen-bond acceptors (Lipinski definition) is 3. The first-order valence-corrected chi connectivity index (χ1v) is 4.93. The number of phenolic OH excluding ortho intramolecular Hbond substituents is 1. The summed E-state index contributed by atoms with van der Waals surface area (Å²) in [6.07, 6.45) is 0. The number of phenols is 1. The highest BCUT2D eigenvalue weighted by atomic mass is 16.5. The lowest BCUT2D eigenvalue weighted by Gasteiger charge is -2.08. The van der Waals surface area contributed by atoms with Crippen LogP contribution in [0.5, 0.6) is 11.5 Å². The molecule has 3 nitrogen and oxygen atoms in total. The first kappa shape index (κ1) is 10.9. The summed E-state index contributed by atoms with van der Waals surface area (Å²) in [6.45, 7) is 6.26. The van der Waals surface area contributed by atoms with Gasteiger partial charge >= 0.3 is 0 Å². The van der Waals surface area contributed by atoms with Crippen LogP contribution in [0.4, 0.5) is 0 Å². The van der Waals surface area contributed by atoms with Gasteiger partial charge in [0.2, 0.25) is 0 Å². The number of rotatable bonds is 5. The molecule has 2 N–H and O–H groups in total. The minimum atomic E-state index is 0.201. The van der Waals surface area contributed by atoms with Crippen molar-refractivity contribution in [3.63, 3.8) is 0 Å². The van der Waals surface area contributed by atoms with Crippen LogP contribution in [0.1, 0.15) is 19.4 Å². The Labute approximate surface area is 84.7 Å². The molecule has 0 amide bonds. The fourth-order valence-corrected chi connectivity index (χ4v) is 1.21. The molecule has 0 aliphatic rings. The van der Waals surface area contributed by atoms with E-state index in [1.807, 2.05) is 19.1 Å². The molecule has 1 rings (SSSR count). The van der Waals surface area contributed by atoms with Gasteiger partial charge in [-0.05, 0) is 31.2 Å². The molecule has 0 bridgehead atoms. The van der Waals surface area contributed by atoms with Gasteiger partial charge in [-0.3, -0.25) is 0 Å². The van der Waals surface area contributed by atoms with Crippen molar-refractivity contribution in [2.24, 2.45) is 0 Å². The molecule has 0 fully saturated rings. The SMILES string of the molecule is CCNCc1ccc(O)c(OCC)c1. The van der Waals surface area contributed by atoms with Crippen LogP contribution in [0.15, 0.2) is 18.2 Å². The van der Waals surface area contributed by atoms with E-state index in [4.69, 9.17) is 4.74 Å². The molecule has 14 heavy (non-hydrogen) atoms. The molecule has 0 aromatic heterocycles. The van der Waals surface area contributed by atoms with Crippen molar-refractivity contribution in [3.05, 3.63) is 23.8 Å². The smallest absolute Gasteiger partial charge is 0.161 e. The summed E-state index contributed by atoms with van der Waals surface area (Å²) in [5.74, 6) is 0.759. The second-order valence-electron chi connectivity index (χ2n) is 3.02. The van der Waals surface area contributed by atoms with E-state index < -0.39 is 0 Å². The molecular formula is C11H17NO2. The number of benzene rings is 1. The van der Waals surface area contributed by atoms with Crippen LogP contribution in [-0.4, -0.2) is 18.3 Å². The Hall–Kier alpha value is -1.22. The van der Waals surface area contributed by atoms with Gasteiger partial charge in [0.1, 0.15) is 0 Å². The third-order valence-electron chi connectivity index (χ3n) is 1.90. The zero-order valence-electron chi connectivity index (χ0n) is 8.71. The van der Waals surface area contributed by atoms with Crippen molar-refractivity contribution in [3.8, 4) is 11.5 Å². The third-order valence-corrected chi connectivity index (χ3v) is 1.90. The summed E-state index contributed by atoms with van der Waals surface area (Å²) in [5, 5.41) is 12.7. The first-order valence-electron chi connectivity index (χ1n) is 4.93. The summed E-state index contributed by atoms with van der Waals surface area (Å²) < 4.78 is 5.28. The molecule has 1 aromatic rings. The molecule has 78 valence electrons. The minimum Gasteiger partial charge on any atom is -0.504 e. The molecular weight excluding hydrogens is 178 g/mol. The molecule has 0 aliphatic heterocycles. The van der Waals surface area contributed by atoms with Crippen LogP contribution in [0.25, 0.3) is 0 Å². The van der Waals surface area contributed by atoms with Gasteiger partial charge in [-0.15, -0.1) is 0 Å². The normalized spacial score (nSPS) is 10.1. The van der Waals surface area contributed by atoms with Crippen molar-refractivity contribution in [1.82, 2.24) is 5.32 Å². The zero-order chi connectivity index (χ0) is 10.4. The summed E-state index contributed by atoms with van der Waals surface area (Å²) in [7, 11) is 0. The van der Waals surface area contributed by atoms with E-state index in [9.17, 15) is 5.11 Å². The van der Waals surface area contributed by atoms with Gasteiger partial charge in [0.25, 0.3) is 0 Å². The van der Waals surface area contributed by atoms with Crippen LogP contribution in [0.2, 0.25) is 0 Å². The van der Waals surface area contributed by atoms with Crippen molar-refractivity contribution in [1.29, 1.82) is 0 Å². The number of aromatic hydroxyl groups is 1. The molecule has 0 saturated heterocycles. The van der Waals surface area contributed by atoms with Crippen LogP contribution in [0.3, 0.4) is 0 Å². The summed E-state index contributed by atoms with van der Waals surface area (Å²) in [5.41, 5.74) is 1.12. The van der Waals surface area contributed by atoms with Gasteiger partial charge in [-0.25, -0.2) is 0 Å². The molecule has 3 heteroatoms. The maximum absolute atomic E-state index is 9.45. The average molecular weight is 195 g/mol. The highest BCUT2D eigenvalue weighted by Gasteiger charge is 2.02. The van der Waals surface area contributed by atoms with Gasteiger partial charge in [0.15, 0.2) is 11.5 Å². The highest BCUT2D eigenvalue weighted by Crippen LogP contribution is 2.26. The first-order chi connectivity index (χ1) is 6.77. The van der Waals surface area contributed by atoms with E-state index in [1.165, 1.54) is 0 Å². The van der Waals surface area contributed by atoms with Gasteiger partial charge in [-0.2, -0.15) is 0 Å². The fourth-order valence-electron chi connectivity index (χ4n) is 1.21. The molecule has 0 saturated carbocycles. The van der Waals surface area contributed by atoms with E-state index >= 15 is 0 Å². The number of nitrogens with one attached hydrogen (secondary N) is 1. The maximum Gasteiger partial charge on any atom is 0.161 e. The van der Waals surface area contributed by atoms with E-state index in [0.717, 1.165) is 18.7 Å². The standard InChI is InChI=1S/C11H17NO2/c1-3-12-8-9-5-6-10(13)11(7-9)14-4-2/h5-7,12-13H,3-4,8H2,1-2H3. The maximum atomic E-state index is 9.45. The zero-order valence-corrected chi connectivity index (χ0v) is 8.71. The Morgan fingerprint density at radius 2 is 2.14 bits per heavy atom. The largest absolute Gasteiger partial charge is 0.504 e. The molecule has 0 radical (unpaired) electrons. The molecule has 1 aromatic carbocycles. The van der Waals surface area contributed by atoms with Crippen LogP contribution in [0, 0.1) is 0 Å². The topological polar surface area (TPSA) is 41.5 Å². The lowest BCUT2D eigenvalue weighted by atomic mass is 10.2. The van der Waals surface area contributed by atoms with Crippen molar-refractivity contribution in [2.75, 3.05) is 13.2 Å².